The smallest absolute Gasteiger partial charge is 0.0328 e. The average Bonchev–Trinajstić information content (AvgIpc) is 1.82. The van der Waals surface area contributed by atoms with Crippen LogP contribution in [0.2, 0.25) is 0 Å². The number of alkyl halides is 1. The van der Waals surface area contributed by atoms with Gasteiger partial charge >= 0.3 is 0 Å². The van der Waals surface area contributed by atoms with Gasteiger partial charge in [0, 0.05) is 16.1 Å². The fraction of sp³-hybridized carbons (Fsp3) is 0.714. The Hall–Kier alpha value is 0.247. The quantitative estimate of drug-likeness (QED) is 0.438. The van der Waals surface area contributed by atoms with E-state index in [9.17, 15) is 0 Å². The third-order valence-corrected chi connectivity index (χ3v) is 2.66. The summed E-state index contributed by atoms with van der Waals surface area (Å²) in [5, 5.41) is 1.57. The summed E-state index contributed by atoms with van der Waals surface area (Å²) in [6, 6.07) is 0. The predicted octanol–water partition coefficient (Wildman–Crippen LogP) is 1.66. The predicted molar refractivity (Wildman–Crippen MR) is 48.3 cm³/mol. The van der Waals surface area contributed by atoms with Gasteiger partial charge in [-0.25, -0.2) is 0 Å². The monoisotopic (exact) mass is 162 g/mol. The van der Waals surface area contributed by atoms with Crippen molar-refractivity contribution in [3.05, 3.63) is 10.8 Å². The first kappa shape index (κ1) is 9.25. The molecular weight excluding hydrogens is 148 g/mol. The molecule has 0 saturated heterocycles. The number of hydrogen-bond donors (Lipinski definition) is 0. The third kappa shape index (κ3) is 4.73. The first-order valence-corrected chi connectivity index (χ1v) is 4.91. The Kier molecular flexibility index (Phi) is 5.20. The molecule has 0 aromatic rings. The lowest BCUT2D eigenvalue weighted by atomic mass is 10.2. The molecule has 0 radical (unpaired) electrons. The van der Waals surface area contributed by atoms with Gasteiger partial charge in [-0.3, -0.25) is 0 Å². The van der Waals surface area contributed by atoms with Crippen LogP contribution in [0.25, 0.3) is 0 Å². The minimum atomic E-state index is 0.798. The molecule has 0 nitrogen and oxygen atoms in total. The SMILES string of the molecule is CC([SiH3])=C(C)CCCCl. The second-order valence-electron chi connectivity index (χ2n) is 2.57. The molecule has 9 heavy (non-hydrogen) atoms. The Balaban J connectivity index is 3.50. The number of rotatable bonds is 3. The van der Waals surface area contributed by atoms with Gasteiger partial charge in [0.1, 0.15) is 0 Å². The molecule has 0 heterocycles. The van der Waals surface area contributed by atoms with E-state index < -0.39 is 0 Å². The molecule has 2 heteroatoms. The summed E-state index contributed by atoms with van der Waals surface area (Å²) >= 11 is 5.54. The van der Waals surface area contributed by atoms with Crippen molar-refractivity contribution in [2.75, 3.05) is 5.88 Å². The number of allylic oxidation sites excluding steroid dienone is 2. The maximum Gasteiger partial charge on any atom is 0.0328 e. The van der Waals surface area contributed by atoms with E-state index in [1.54, 1.807) is 10.8 Å². The minimum Gasteiger partial charge on any atom is -0.127 e. The van der Waals surface area contributed by atoms with Gasteiger partial charge in [0.25, 0.3) is 0 Å². The lowest BCUT2D eigenvalue weighted by Crippen LogP contribution is -1.84. The highest BCUT2D eigenvalue weighted by molar-refractivity contribution is 6.21. The van der Waals surface area contributed by atoms with Gasteiger partial charge in [0.15, 0.2) is 0 Å². The molecule has 0 bridgehead atoms. The van der Waals surface area contributed by atoms with E-state index in [-0.39, 0.29) is 0 Å². The highest BCUT2D eigenvalue weighted by Crippen LogP contribution is 2.07. The molecule has 0 fully saturated rings. The van der Waals surface area contributed by atoms with E-state index in [0.29, 0.717) is 0 Å². The summed E-state index contributed by atoms with van der Waals surface area (Å²) in [6.07, 6.45) is 2.33. The minimum absolute atomic E-state index is 0.798. The van der Waals surface area contributed by atoms with E-state index in [2.05, 4.69) is 13.8 Å². The highest BCUT2D eigenvalue weighted by Gasteiger charge is 1.90. The van der Waals surface area contributed by atoms with Gasteiger partial charge in [0.05, 0.1) is 0 Å². The van der Waals surface area contributed by atoms with E-state index in [0.717, 1.165) is 12.3 Å². The Morgan fingerprint density at radius 2 is 2.00 bits per heavy atom. The maximum absolute atomic E-state index is 5.54. The zero-order valence-corrected chi connectivity index (χ0v) is 9.26. The van der Waals surface area contributed by atoms with Gasteiger partial charge in [-0.2, -0.15) is 0 Å². The molecule has 0 saturated carbocycles. The van der Waals surface area contributed by atoms with Crippen molar-refractivity contribution in [1.82, 2.24) is 0 Å². The second-order valence-corrected chi connectivity index (χ2v) is 4.45. The Morgan fingerprint density at radius 3 is 2.33 bits per heavy atom. The van der Waals surface area contributed by atoms with Crippen molar-refractivity contribution < 1.29 is 0 Å². The molecule has 0 aliphatic heterocycles. The molecule has 0 spiro atoms. The Labute approximate surface area is 65.7 Å². The molecule has 54 valence electrons. The summed E-state index contributed by atoms with van der Waals surface area (Å²) in [6.45, 7) is 4.41. The summed E-state index contributed by atoms with van der Waals surface area (Å²) in [7, 11) is 1.21. The average molecular weight is 163 g/mol. The molecule has 0 aliphatic rings. The zero-order chi connectivity index (χ0) is 7.28. The van der Waals surface area contributed by atoms with E-state index in [1.165, 1.54) is 16.7 Å². The molecule has 0 N–H and O–H groups in total. The molecule has 0 rings (SSSR count). The van der Waals surface area contributed by atoms with Crippen LogP contribution in [0, 0.1) is 0 Å². The topological polar surface area (TPSA) is 0 Å². The van der Waals surface area contributed by atoms with Crippen LogP contribution in [0.3, 0.4) is 0 Å². The van der Waals surface area contributed by atoms with Crippen LogP contribution in [-0.4, -0.2) is 16.1 Å². The lowest BCUT2D eigenvalue weighted by Gasteiger charge is -1.99. The van der Waals surface area contributed by atoms with Gasteiger partial charge in [-0.1, -0.05) is 10.8 Å². The third-order valence-electron chi connectivity index (χ3n) is 1.54. The fourth-order valence-corrected chi connectivity index (χ4v) is 0.966. The van der Waals surface area contributed by atoms with Crippen LogP contribution in [-0.2, 0) is 0 Å². The van der Waals surface area contributed by atoms with Crippen LogP contribution in [0.5, 0.6) is 0 Å². The fourth-order valence-electron chi connectivity index (χ4n) is 0.582. The molecule has 0 aromatic carbocycles. The van der Waals surface area contributed by atoms with Crippen molar-refractivity contribution in [3.63, 3.8) is 0 Å². The molecular formula is C7H15ClSi. The largest absolute Gasteiger partial charge is 0.127 e. The van der Waals surface area contributed by atoms with Crippen molar-refractivity contribution >= 4 is 21.8 Å². The van der Waals surface area contributed by atoms with Crippen LogP contribution in [0.15, 0.2) is 10.8 Å². The lowest BCUT2D eigenvalue weighted by molar-refractivity contribution is 0.906. The summed E-state index contributed by atoms with van der Waals surface area (Å²) in [4.78, 5) is 0. The first-order valence-electron chi connectivity index (χ1n) is 3.37. The van der Waals surface area contributed by atoms with Gasteiger partial charge < -0.3 is 0 Å². The number of halogens is 1. The van der Waals surface area contributed by atoms with Crippen molar-refractivity contribution in [1.29, 1.82) is 0 Å². The second kappa shape index (κ2) is 5.07. The molecule has 0 aliphatic carbocycles. The molecule has 0 aromatic heterocycles. The Morgan fingerprint density at radius 1 is 1.44 bits per heavy atom. The van der Waals surface area contributed by atoms with Gasteiger partial charge in [0.2, 0.25) is 0 Å². The summed E-state index contributed by atoms with van der Waals surface area (Å²) in [5.74, 6) is 0.798. The maximum atomic E-state index is 5.54. The van der Waals surface area contributed by atoms with Crippen LogP contribution in [0.4, 0.5) is 0 Å². The molecule has 0 atom stereocenters. The Bertz CT molecular complexity index is 103. The first-order chi connectivity index (χ1) is 4.18. The highest BCUT2D eigenvalue weighted by atomic mass is 35.5. The van der Waals surface area contributed by atoms with Crippen molar-refractivity contribution in [2.24, 2.45) is 0 Å². The molecule has 0 unspecified atom stereocenters. The van der Waals surface area contributed by atoms with Crippen molar-refractivity contribution in [2.45, 2.75) is 26.7 Å². The van der Waals surface area contributed by atoms with Gasteiger partial charge in [-0.05, 0) is 26.7 Å². The zero-order valence-electron chi connectivity index (χ0n) is 6.50. The van der Waals surface area contributed by atoms with Crippen molar-refractivity contribution in [3.8, 4) is 0 Å². The summed E-state index contributed by atoms with van der Waals surface area (Å²) < 4.78 is 0. The van der Waals surface area contributed by atoms with Crippen LogP contribution >= 0.6 is 11.6 Å². The van der Waals surface area contributed by atoms with Gasteiger partial charge in [-0.15, -0.1) is 11.6 Å². The van der Waals surface area contributed by atoms with Crippen LogP contribution in [0.1, 0.15) is 26.7 Å². The standard InChI is InChI=1S/C7H15ClSi/c1-6(7(2)9)4-3-5-8/h3-5H2,1-2,9H3. The summed E-state index contributed by atoms with van der Waals surface area (Å²) in [5.41, 5.74) is 1.54. The number of hydrogen-bond acceptors (Lipinski definition) is 0. The van der Waals surface area contributed by atoms with E-state index in [1.807, 2.05) is 0 Å². The van der Waals surface area contributed by atoms with Crippen LogP contribution < -0.4 is 0 Å². The molecule has 0 amide bonds. The normalized spacial score (nSPS) is 13.7. The van der Waals surface area contributed by atoms with E-state index in [4.69, 9.17) is 11.6 Å². The van der Waals surface area contributed by atoms with E-state index >= 15 is 0 Å².